The van der Waals surface area contributed by atoms with Gasteiger partial charge in [-0.2, -0.15) is 0 Å². The predicted octanol–water partition coefficient (Wildman–Crippen LogP) is 6.05. The highest BCUT2D eigenvalue weighted by molar-refractivity contribution is 9.10. The van der Waals surface area contributed by atoms with Crippen molar-refractivity contribution in [3.05, 3.63) is 88.6 Å². The van der Waals surface area contributed by atoms with Gasteiger partial charge in [0, 0.05) is 17.1 Å². The Morgan fingerprint density at radius 3 is 2.21 bits per heavy atom. The first-order chi connectivity index (χ1) is 20.6. The predicted molar refractivity (Wildman–Crippen MR) is 168 cm³/mol. The largest absolute Gasteiger partial charge is 0.494 e. The molecule has 0 spiro atoms. The van der Waals surface area contributed by atoms with Gasteiger partial charge in [0.05, 0.1) is 17.2 Å². The van der Waals surface area contributed by atoms with E-state index in [4.69, 9.17) is 4.74 Å². The van der Waals surface area contributed by atoms with E-state index in [1.54, 1.807) is 55.5 Å². The molecule has 0 aliphatic heterocycles. The van der Waals surface area contributed by atoms with Crippen molar-refractivity contribution in [2.75, 3.05) is 17.5 Å². The quantitative estimate of drug-likeness (QED) is 0.253. The van der Waals surface area contributed by atoms with Crippen LogP contribution >= 0.6 is 15.9 Å². The van der Waals surface area contributed by atoms with Gasteiger partial charge in [-0.3, -0.25) is 13.9 Å². The van der Waals surface area contributed by atoms with Crippen LogP contribution in [0, 0.1) is 5.82 Å². The van der Waals surface area contributed by atoms with Crippen LogP contribution in [-0.4, -0.2) is 50.4 Å². The van der Waals surface area contributed by atoms with Crippen molar-refractivity contribution < 1.29 is 27.1 Å². The average Bonchev–Trinajstić information content (AvgIpc) is 3.00. The molecule has 1 aliphatic rings. The summed E-state index contributed by atoms with van der Waals surface area (Å²) < 4.78 is 48.8. The number of halogens is 2. The van der Waals surface area contributed by atoms with Crippen molar-refractivity contribution in [1.29, 1.82) is 0 Å². The molecule has 1 aliphatic carbocycles. The maximum Gasteiger partial charge on any atom is 0.264 e. The van der Waals surface area contributed by atoms with Crippen LogP contribution in [0.3, 0.4) is 0 Å². The fraction of sp³-hybridized carbons (Fsp3) is 0.375. The molecule has 1 saturated carbocycles. The number of amides is 2. The summed E-state index contributed by atoms with van der Waals surface area (Å²) in [4.78, 5) is 28.8. The molecule has 1 N–H and O–H groups in total. The summed E-state index contributed by atoms with van der Waals surface area (Å²) in [5.74, 6) is -0.757. The van der Waals surface area contributed by atoms with E-state index in [9.17, 15) is 22.4 Å². The van der Waals surface area contributed by atoms with Crippen molar-refractivity contribution in [2.45, 2.75) is 69.5 Å². The third-order valence-corrected chi connectivity index (χ3v) is 9.82. The van der Waals surface area contributed by atoms with E-state index in [2.05, 4.69) is 21.2 Å². The van der Waals surface area contributed by atoms with Gasteiger partial charge in [0.25, 0.3) is 10.0 Å². The number of sulfonamides is 1. The van der Waals surface area contributed by atoms with Crippen molar-refractivity contribution in [3.8, 4) is 5.75 Å². The summed E-state index contributed by atoms with van der Waals surface area (Å²) in [5, 5.41) is 3.07. The highest BCUT2D eigenvalue weighted by atomic mass is 79.9. The van der Waals surface area contributed by atoms with Gasteiger partial charge in [-0.25, -0.2) is 12.8 Å². The summed E-state index contributed by atoms with van der Waals surface area (Å²) in [5.41, 5.74) is 0.871. The van der Waals surface area contributed by atoms with Crippen molar-refractivity contribution in [3.63, 3.8) is 0 Å². The fourth-order valence-corrected chi connectivity index (χ4v) is 6.75. The van der Waals surface area contributed by atoms with E-state index >= 15 is 0 Å². The molecule has 0 heterocycles. The van der Waals surface area contributed by atoms with E-state index in [1.165, 1.54) is 29.2 Å². The molecule has 0 unspecified atom stereocenters. The topological polar surface area (TPSA) is 96.0 Å². The molecule has 0 bridgehead atoms. The van der Waals surface area contributed by atoms with Crippen molar-refractivity contribution >= 4 is 43.5 Å². The molecular formula is C32H37BrFN3O5S. The Morgan fingerprint density at radius 1 is 0.977 bits per heavy atom. The zero-order valence-corrected chi connectivity index (χ0v) is 26.7. The van der Waals surface area contributed by atoms with Crippen LogP contribution in [0.1, 0.15) is 51.5 Å². The van der Waals surface area contributed by atoms with Crippen LogP contribution in [0.2, 0.25) is 0 Å². The van der Waals surface area contributed by atoms with Crippen LogP contribution in [0.4, 0.5) is 10.1 Å². The summed E-state index contributed by atoms with van der Waals surface area (Å²) in [6, 6.07) is 17.4. The van der Waals surface area contributed by atoms with Crippen molar-refractivity contribution in [2.24, 2.45) is 0 Å². The summed E-state index contributed by atoms with van der Waals surface area (Å²) >= 11 is 3.33. The van der Waals surface area contributed by atoms with Gasteiger partial charge in [-0.1, -0.05) is 47.3 Å². The molecule has 1 fully saturated rings. The summed E-state index contributed by atoms with van der Waals surface area (Å²) in [6.07, 6.45) is 4.94. The fourth-order valence-electron chi connectivity index (χ4n) is 5.08. The number of nitrogens with zero attached hydrogens (tertiary/aromatic N) is 2. The Morgan fingerprint density at radius 2 is 1.60 bits per heavy atom. The highest BCUT2D eigenvalue weighted by Crippen LogP contribution is 2.28. The Balaban J connectivity index is 1.67. The number of carbonyl (C=O) groups is 2. The Bertz CT molecular complexity index is 1480. The van der Waals surface area contributed by atoms with Crippen LogP contribution in [0.25, 0.3) is 0 Å². The molecule has 43 heavy (non-hydrogen) atoms. The lowest BCUT2D eigenvalue weighted by Crippen LogP contribution is -2.53. The summed E-state index contributed by atoms with van der Waals surface area (Å²) in [7, 11) is -4.20. The molecule has 8 nitrogen and oxygen atoms in total. The van der Waals surface area contributed by atoms with Gasteiger partial charge < -0.3 is 15.0 Å². The molecular weight excluding hydrogens is 637 g/mol. The number of benzene rings is 3. The van der Waals surface area contributed by atoms with Crippen LogP contribution in [-0.2, 0) is 26.2 Å². The zero-order chi connectivity index (χ0) is 31.0. The van der Waals surface area contributed by atoms with E-state index in [0.29, 0.717) is 22.4 Å². The monoisotopic (exact) mass is 673 g/mol. The zero-order valence-electron chi connectivity index (χ0n) is 24.3. The van der Waals surface area contributed by atoms with E-state index in [0.717, 1.165) is 36.4 Å². The number of carbonyl (C=O) groups excluding carboxylic acids is 2. The number of anilines is 1. The molecule has 0 radical (unpaired) electrons. The van der Waals surface area contributed by atoms with Gasteiger partial charge >= 0.3 is 0 Å². The first-order valence-electron chi connectivity index (χ1n) is 14.4. The minimum absolute atomic E-state index is 0.00515. The van der Waals surface area contributed by atoms with Gasteiger partial charge in [-0.05, 0) is 92.9 Å². The molecule has 0 aromatic heterocycles. The van der Waals surface area contributed by atoms with Crippen LogP contribution in [0.15, 0.2) is 82.2 Å². The van der Waals surface area contributed by atoms with Crippen LogP contribution < -0.4 is 14.4 Å². The number of hydrogen-bond acceptors (Lipinski definition) is 5. The highest BCUT2D eigenvalue weighted by Gasteiger charge is 2.33. The average molecular weight is 675 g/mol. The van der Waals surface area contributed by atoms with Gasteiger partial charge in [0.1, 0.15) is 24.2 Å². The molecule has 3 aromatic carbocycles. The second-order valence-electron chi connectivity index (χ2n) is 10.6. The third-order valence-electron chi connectivity index (χ3n) is 7.50. The maximum atomic E-state index is 14.1. The first-order valence-corrected chi connectivity index (χ1v) is 16.7. The number of ether oxygens (including phenoxy) is 1. The number of hydrogen-bond donors (Lipinski definition) is 1. The third kappa shape index (κ3) is 8.57. The Kier molecular flexibility index (Phi) is 11.2. The number of nitrogens with one attached hydrogen (secondary N) is 1. The number of rotatable bonds is 12. The minimum atomic E-state index is -4.20. The standard InChI is InChI=1S/C32H37BrFN3O5S/c1-3-42-29-17-15-28(16-18-29)37(43(40,41)30-19-11-25(33)12-20-30)22-31(38)36(21-24-9-13-26(34)14-10-24)23(2)32(39)35-27-7-5-4-6-8-27/h9-20,23,27H,3-8,21-22H2,1-2H3,(H,35,39)/t23-/m1/s1. The first kappa shape index (κ1) is 32.5. The SMILES string of the molecule is CCOc1ccc(N(CC(=O)N(Cc2ccc(F)cc2)[C@H](C)C(=O)NC2CCCCC2)S(=O)(=O)c2ccc(Br)cc2)cc1. The lowest BCUT2D eigenvalue weighted by molar-refractivity contribution is -0.139. The lowest BCUT2D eigenvalue weighted by atomic mass is 9.95. The summed E-state index contributed by atoms with van der Waals surface area (Å²) in [6.45, 7) is 3.35. The molecule has 0 saturated heterocycles. The normalized spacial score (nSPS) is 14.5. The van der Waals surface area contributed by atoms with Gasteiger partial charge in [0.2, 0.25) is 11.8 Å². The minimum Gasteiger partial charge on any atom is -0.494 e. The molecule has 2 amide bonds. The van der Waals surface area contributed by atoms with Crippen LogP contribution in [0.5, 0.6) is 5.75 Å². The van der Waals surface area contributed by atoms with Gasteiger partial charge in [0.15, 0.2) is 0 Å². The Hall–Kier alpha value is -3.44. The maximum absolute atomic E-state index is 14.1. The second kappa shape index (κ2) is 14.8. The molecule has 230 valence electrons. The molecule has 3 aromatic rings. The smallest absolute Gasteiger partial charge is 0.264 e. The molecule has 1 atom stereocenters. The molecule has 11 heteroatoms. The van der Waals surface area contributed by atoms with Gasteiger partial charge in [-0.15, -0.1) is 0 Å². The van der Waals surface area contributed by atoms with E-state index in [1.807, 2.05) is 6.92 Å². The molecule has 4 rings (SSSR count). The van der Waals surface area contributed by atoms with Crippen molar-refractivity contribution in [1.82, 2.24) is 10.2 Å². The van der Waals surface area contributed by atoms with E-state index in [-0.39, 0.29) is 29.1 Å². The second-order valence-corrected chi connectivity index (χ2v) is 13.3. The Labute approximate surface area is 261 Å². The van der Waals surface area contributed by atoms with E-state index < -0.39 is 34.3 Å². The lowest BCUT2D eigenvalue weighted by Gasteiger charge is -2.33.